The van der Waals surface area contributed by atoms with Gasteiger partial charge in [-0.2, -0.15) is 0 Å². The molecule has 1 heteroatoms. The second-order valence-electron chi connectivity index (χ2n) is 2.53. The monoisotopic (exact) mass is 166 g/mol. The minimum absolute atomic E-state index is 0.372. The molecule has 68 valence electrons. The van der Waals surface area contributed by atoms with Crippen LogP contribution in [-0.4, -0.2) is 5.11 Å². The summed E-state index contributed by atoms with van der Waals surface area (Å²) in [6.45, 7) is 8.06. The fourth-order valence-corrected chi connectivity index (χ4v) is 1.04. The maximum absolute atomic E-state index is 9.12. The fraction of sp³-hybridized carbons (Fsp3) is 0.455. The van der Waals surface area contributed by atoms with Crippen molar-refractivity contribution < 1.29 is 5.11 Å². The largest absolute Gasteiger partial charge is 0.508 e. The van der Waals surface area contributed by atoms with E-state index >= 15 is 0 Å². The number of rotatable bonds is 1. The zero-order valence-electron chi connectivity index (χ0n) is 8.39. The molecule has 0 radical (unpaired) electrons. The van der Waals surface area contributed by atoms with E-state index in [9.17, 15) is 0 Å². The summed E-state index contributed by atoms with van der Waals surface area (Å²) in [6, 6.07) is 5.64. The Kier molecular flexibility index (Phi) is 5.18. The molecule has 0 saturated heterocycles. The lowest BCUT2D eigenvalue weighted by atomic mass is 10.1. The Morgan fingerprint density at radius 1 is 1.17 bits per heavy atom. The quantitative estimate of drug-likeness (QED) is 0.678. The molecule has 1 N–H and O–H groups in total. The second-order valence-corrected chi connectivity index (χ2v) is 2.53. The van der Waals surface area contributed by atoms with Gasteiger partial charge in [0.25, 0.3) is 0 Å². The molecule has 0 spiro atoms. The molecule has 0 bridgehead atoms. The molecule has 0 aliphatic rings. The molecule has 1 aromatic rings. The zero-order valence-corrected chi connectivity index (χ0v) is 8.39. The van der Waals surface area contributed by atoms with Gasteiger partial charge < -0.3 is 5.11 Å². The Bertz CT molecular complexity index is 208. The lowest BCUT2D eigenvalue weighted by Gasteiger charge is -1.99. The van der Waals surface area contributed by atoms with Crippen molar-refractivity contribution in [1.29, 1.82) is 0 Å². The van der Waals surface area contributed by atoms with Gasteiger partial charge in [0.2, 0.25) is 0 Å². The van der Waals surface area contributed by atoms with Crippen LogP contribution in [0.1, 0.15) is 31.9 Å². The Hall–Kier alpha value is -0.980. The first-order valence-electron chi connectivity index (χ1n) is 4.52. The first-order chi connectivity index (χ1) is 5.72. The maximum atomic E-state index is 9.12. The van der Waals surface area contributed by atoms with Gasteiger partial charge in [-0.05, 0) is 36.6 Å². The van der Waals surface area contributed by atoms with Gasteiger partial charge in [-0.25, -0.2) is 0 Å². The van der Waals surface area contributed by atoms with E-state index in [4.69, 9.17) is 5.11 Å². The minimum Gasteiger partial charge on any atom is -0.508 e. The number of aryl methyl sites for hydroxylation is 2. The Morgan fingerprint density at radius 3 is 2.17 bits per heavy atom. The summed E-state index contributed by atoms with van der Waals surface area (Å²) in [5.74, 6) is 0.372. The second kappa shape index (κ2) is 5.64. The highest BCUT2D eigenvalue weighted by molar-refractivity contribution is 5.32. The molecule has 12 heavy (non-hydrogen) atoms. The minimum atomic E-state index is 0.372. The Balaban J connectivity index is 0.000000561. The number of benzene rings is 1. The van der Waals surface area contributed by atoms with E-state index in [0.29, 0.717) is 5.75 Å². The van der Waals surface area contributed by atoms with Crippen molar-refractivity contribution in [2.45, 2.75) is 34.1 Å². The average Bonchev–Trinajstić information content (AvgIpc) is 2.06. The average molecular weight is 166 g/mol. The summed E-state index contributed by atoms with van der Waals surface area (Å²) in [7, 11) is 0. The van der Waals surface area contributed by atoms with Gasteiger partial charge in [-0.1, -0.05) is 26.8 Å². The van der Waals surface area contributed by atoms with Crippen LogP contribution in [0.3, 0.4) is 0 Å². The van der Waals surface area contributed by atoms with Crippen molar-refractivity contribution in [1.82, 2.24) is 0 Å². The molecule has 0 atom stereocenters. The van der Waals surface area contributed by atoms with Gasteiger partial charge in [0.15, 0.2) is 0 Å². The predicted octanol–water partition coefficient (Wildman–Crippen LogP) is 3.29. The normalized spacial score (nSPS) is 8.67. The summed E-state index contributed by atoms with van der Waals surface area (Å²) < 4.78 is 0. The van der Waals surface area contributed by atoms with Crippen LogP contribution >= 0.6 is 0 Å². The molecule has 0 heterocycles. The van der Waals surface area contributed by atoms with Gasteiger partial charge in [0.1, 0.15) is 5.75 Å². The van der Waals surface area contributed by atoms with Crippen LogP contribution in [-0.2, 0) is 6.42 Å². The van der Waals surface area contributed by atoms with E-state index in [1.807, 2.05) is 20.8 Å². The van der Waals surface area contributed by atoms with E-state index < -0.39 is 0 Å². The fourth-order valence-electron chi connectivity index (χ4n) is 1.04. The number of aromatic hydroxyl groups is 1. The highest BCUT2D eigenvalue weighted by Gasteiger charge is 1.93. The van der Waals surface area contributed by atoms with Crippen molar-refractivity contribution in [2.75, 3.05) is 0 Å². The van der Waals surface area contributed by atoms with Crippen LogP contribution in [0, 0.1) is 6.92 Å². The number of phenols is 1. The number of hydrogen-bond donors (Lipinski definition) is 1. The topological polar surface area (TPSA) is 20.2 Å². The van der Waals surface area contributed by atoms with Crippen molar-refractivity contribution >= 4 is 0 Å². The summed E-state index contributed by atoms with van der Waals surface area (Å²) in [6.07, 6.45) is 0.981. The first kappa shape index (κ1) is 11.0. The van der Waals surface area contributed by atoms with E-state index in [2.05, 4.69) is 13.0 Å². The smallest absolute Gasteiger partial charge is 0.116 e. The van der Waals surface area contributed by atoms with E-state index in [1.54, 1.807) is 12.1 Å². The summed E-state index contributed by atoms with van der Waals surface area (Å²) in [4.78, 5) is 0. The van der Waals surface area contributed by atoms with Crippen LogP contribution < -0.4 is 0 Å². The molecule has 0 unspecified atom stereocenters. The summed E-state index contributed by atoms with van der Waals surface area (Å²) in [5, 5.41) is 9.12. The number of hydrogen-bond acceptors (Lipinski definition) is 1. The summed E-state index contributed by atoms with van der Waals surface area (Å²) in [5.41, 5.74) is 2.31. The van der Waals surface area contributed by atoms with Crippen molar-refractivity contribution in [3.8, 4) is 5.75 Å². The van der Waals surface area contributed by atoms with E-state index in [1.165, 1.54) is 5.56 Å². The van der Waals surface area contributed by atoms with Crippen molar-refractivity contribution in [2.24, 2.45) is 0 Å². The lowest BCUT2D eigenvalue weighted by Crippen LogP contribution is -1.80. The van der Waals surface area contributed by atoms with Crippen molar-refractivity contribution in [3.05, 3.63) is 29.3 Å². The third kappa shape index (κ3) is 3.42. The Labute approximate surface area is 75.1 Å². The Morgan fingerprint density at radius 2 is 1.75 bits per heavy atom. The van der Waals surface area contributed by atoms with Crippen LogP contribution in [0.25, 0.3) is 0 Å². The molecule has 0 aliphatic carbocycles. The van der Waals surface area contributed by atoms with Gasteiger partial charge in [0, 0.05) is 0 Å². The van der Waals surface area contributed by atoms with Crippen LogP contribution in [0.15, 0.2) is 18.2 Å². The SMILES string of the molecule is CC.CCc1cc(C)cc(O)c1. The molecule has 0 aromatic heterocycles. The van der Waals surface area contributed by atoms with Crippen molar-refractivity contribution in [3.63, 3.8) is 0 Å². The van der Waals surface area contributed by atoms with E-state index in [-0.39, 0.29) is 0 Å². The zero-order chi connectivity index (χ0) is 9.56. The molecule has 0 fully saturated rings. The number of phenolic OH excluding ortho intramolecular Hbond substituents is 1. The molecule has 0 aliphatic heterocycles. The van der Waals surface area contributed by atoms with Gasteiger partial charge in [0.05, 0.1) is 0 Å². The van der Waals surface area contributed by atoms with Gasteiger partial charge in [-0.15, -0.1) is 0 Å². The maximum Gasteiger partial charge on any atom is 0.116 e. The summed E-state index contributed by atoms with van der Waals surface area (Å²) >= 11 is 0. The molecule has 1 nitrogen and oxygen atoms in total. The third-order valence-electron chi connectivity index (χ3n) is 1.53. The molecular weight excluding hydrogens is 148 g/mol. The van der Waals surface area contributed by atoms with Crippen LogP contribution in [0.2, 0.25) is 0 Å². The standard InChI is InChI=1S/C9H12O.C2H6/c1-3-8-4-7(2)5-9(10)6-8;1-2/h4-6,10H,3H2,1-2H3;1-2H3. The first-order valence-corrected chi connectivity index (χ1v) is 4.52. The molecule has 1 aromatic carbocycles. The predicted molar refractivity (Wildman–Crippen MR) is 53.6 cm³/mol. The highest BCUT2D eigenvalue weighted by Crippen LogP contribution is 2.14. The third-order valence-corrected chi connectivity index (χ3v) is 1.53. The van der Waals surface area contributed by atoms with E-state index in [0.717, 1.165) is 12.0 Å². The van der Waals surface area contributed by atoms with Crippen LogP contribution in [0.5, 0.6) is 5.75 Å². The molecule has 0 amide bonds. The van der Waals surface area contributed by atoms with Gasteiger partial charge in [-0.3, -0.25) is 0 Å². The molecule has 0 saturated carbocycles. The van der Waals surface area contributed by atoms with Crippen LogP contribution in [0.4, 0.5) is 0 Å². The highest BCUT2D eigenvalue weighted by atomic mass is 16.3. The molecular formula is C11H18O. The van der Waals surface area contributed by atoms with Gasteiger partial charge >= 0.3 is 0 Å². The lowest BCUT2D eigenvalue weighted by molar-refractivity contribution is 0.474. The molecule has 1 rings (SSSR count).